The molecule has 0 aliphatic heterocycles. The van der Waals surface area contributed by atoms with Gasteiger partial charge < -0.3 is 10.6 Å². The summed E-state index contributed by atoms with van der Waals surface area (Å²) in [5.41, 5.74) is 3.23. The molecule has 0 aliphatic carbocycles. The Morgan fingerprint density at radius 2 is 2.00 bits per heavy atom. The number of anilines is 2. The molecule has 0 unspecified atom stereocenters. The second-order valence-electron chi connectivity index (χ2n) is 5.52. The first-order valence-electron chi connectivity index (χ1n) is 7.79. The zero-order valence-electron chi connectivity index (χ0n) is 13.7. The second-order valence-corrected chi connectivity index (χ2v) is 5.96. The zero-order chi connectivity index (χ0) is 17.6. The minimum Gasteiger partial charge on any atom is -0.346 e. The van der Waals surface area contributed by atoms with Crippen LogP contribution < -0.4 is 10.6 Å². The van der Waals surface area contributed by atoms with Crippen molar-refractivity contribution < 1.29 is 4.79 Å². The number of hydrogen-bond donors (Lipinski definition) is 2. The van der Waals surface area contributed by atoms with Crippen LogP contribution in [0.1, 0.15) is 21.6 Å². The summed E-state index contributed by atoms with van der Waals surface area (Å²) >= 11 is 6.02. The van der Waals surface area contributed by atoms with Gasteiger partial charge in [0.15, 0.2) is 0 Å². The van der Waals surface area contributed by atoms with Gasteiger partial charge in [-0.3, -0.25) is 9.78 Å². The van der Waals surface area contributed by atoms with E-state index >= 15 is 0 Å². The minimum absolute atomic E-state index is 0.191. The molecule has 0 aliphatic rings. The number of nitrogens with one attached hydrogen (secondary N) is 2. The molecule has 126 valence electrons. The molecule has 5 nitrogen and oxygen atoms in total. The molecular weight excluding hydrogens is 336 g/mol. The van der Waals surface area contributed by atoms with Gasteiger partial charge >= 0.3 is 0 Å². The van der Waals surface area contributed by atoms with Crippen molar-refractivity contribution in [3.8, 4) is 0 Å². The van der Waals surface area contributed by atoms with Crippen LogP contribution in [-0.2, 0) is 6.54 Å². The summed E-state index contributed by atoms with van der Waals surface area (Å²) in [6.45, 7) is 2.36. The molecule has 0 fully saturated rings. The highest BCUT2D eigenvalue weighted by atomic mass is 35.5. The van der Waals surface area contributed by atoms with Crippen LogP contribution in [0.5, 0.6) is 0 Å². The van der Waals surface area contributed by atoms with Gasteiger partial charge in [-0.2, -0.15) is 0 Å². The van der Waals surface area contributed by atoms with Crippen molar-refractivity contribution in [2.75, 3.05) is 5.32 Å². The van der Waals surface area contributed by atoms with E-state index in [4.69, 9.17) is 11.6 Å². The molecule has 0 bridgehead atoms. The zero-order valence-corrected chi connectivity index (χ0v) is 14.4. The summed E-state index contributed by atoms with van der Waals surface area (Å²) in [5, 5.41) is 6.67. The van der Waals surface area contributed by atoms with Crippen LogP contribution in [0.4, 0.5) is 11.5 Å². The number of carbonyl (C=O) groups is 1. The van der Waals surface area contributed by atoms with Crippen LogP contribution in [0.2, 0.25) is 5.02 Å². The molecular formula is C19H17ClN4O. The average Bonchev–Trinajstić information content (AvgIpc) is 2.64. The highest BCUT2D eigenvalue weighted by Gasteiger charge is 2.07. The molecule has 2 N–H and O–H groups in total. The topological polar surface area (TPSA) is 66.9 Å². The van der Waals surface area contributed by atoms with E-state index in [2.05, 4.69) is 20.6 Å². The first kappa shape index (κ1) is 16.9. The van der Waals surface area contributed by atoms with E-state index in [9.17, 15) is 4.79 Å². The highest BCUT2D eigenvalue weighted by molar-refractivity contribution is 6.30. The van der Waals surface area contributed by atoms with Crippen LogP contribution in [0.25, 0.3) is 0 Å². The second kappa shape index (κ2) is 7.77. The Hall–Kier alpha value is -2.92. The maximum Gasteiger partial charge on any atom is 0.253 e. The molecule has 1 aromatic carbocycles. The summed E-state index contributed by atoms with van der Waals surface area (Å²) in [6, 6.07) is 14.7. The van der Waals surface area contributed by atoms with Crippen molar-refractivity contribution >= 4 is 29.0 Å². The molecule has 3 rings (SSSR count). The van der Waals surface area contributed by atoms with Crippen LogP contribution in [-0.4, -0.2) is 15.9 Å². The smallest absolute Gasteiger partial charge is 0.253 e. The molecule has 0 radical (unpaired) electrons. The fraction of sp³-hybridized carbons (Fsp3) is 0.105. The first-order valence-corrected chi connectivity index (χ1v) is 8.17. The maximum absolute atomic E-state index is 12.2. The summed E-state index contributed by atoms with van der Waals surface area (Å²) < 4.78 is 0. The van der Waals surface area contributed by atoms with E-state index in [-0.39, 0.29) is 5.91 Å². The number of rotatable bonds is 5. The largest absolute Gasteiger partial charge is 0.346 e. The third-order valence-electron chi connectivity index (χ3n) is 3.64. The van der Waals surface area contributed by atoms with Gasteiger partial charge in [0, 0.05) is 23.1 Å². The lowest BCUT2D eigenvalue weighted by molar-refractivity contribution is 0.0950. The normalized spacial score (nSPS) is 10.3. The molecule has 0 atom stereocenters. The Labute approximate surface area is 151 Å². The molecule has 2 aromatic heterocycles. The fourth-order valence-electron chi connectivity index (χ4n) is 2.24. The van der Waals surface area contributed by atoms with Crippen molar-refractivity contribution in [3.63, 3.8) is 0 Å². The molecule has 1 amide bonds. The molecule has 3 aromatic rings. The Morgan fingerprint density at radius 1 is 1.12 bits per heavy atom. The number of hydrogen-bond acceptors (Lipinski definition) is 4. The summed E-state index contributed by atoms with van der Waals surface area (Å²) in [7, 11) is 0. The monoisotopic (exact) mass is 352 g/mol. The van der Waals surface area contributed by atoms with Gasteiger partial charge in [-0.1, -0.05) is 23.7 Å². The third-order valence-corrected chi connectivity index (χ3v) is 3.88. The van der Waals surface area contributed by atoms with Crippen LogP contribution in [0.3, 0.4) is 0 Å². The number of aryl methyl sites for hydroxylation is 1. The van der Waals surface area contributed by atoms with Crippen LogP contribution in [0, 0.1) is 6.92 Å². The van der Waals surface area contributed by atoms with Gasteiger partial charge in [0.25, 0.3) is 5.91 Å². The summed E-state index contributed by atoms with van der Waals surface area (Å²) in [5.74, 6) is 0.454. The van der Waals surface area contributed by atoms with Crippen LogP contribution in [0.15, 0.2) is 60.9 Å². The van der Waals surface area contributed by atoms with Gasteiger partial charge in [0.1, 0.15) is 5.82 Å². The quantitative estimate of drug-likeness (QED) is 0.725. The van der Waals surface area contributed by atoms with E-state index in [1.54, 1.807) is 18.3 Å². The summed E-state index contributed by atoms with van der Waals surface area (Å²) in [4.78, 5) is 20.6. The van der Waals surface area contributed by atoms with Crippen molar-refractivity contribution in [1.82, 2.24) is 15.3 Å². The SMILES string of the molecule is Cc1ccc(Cl)cc1Nc1ccc(C(=O)NCc2ccccn2)cn1. The first-order chi connectivity index (χ1) is 12.1. The Kier molecular flexibility index (Phi) is 5.26. The van der Waals surface area contributed by atoms with Crippen molar-refractivity contribution in [3.05, 3.63) is 82.8 Å². The number of benzene rings is 1. The predicted molar refractivity (Wildman–Crippen MR) is 99.1 cm³/mol. The highest BCUT2D eigenvalue weighted by Crippen LogP contribution is 2.23. The van der Waals surface area contributed by atoms with E-state index in [0.717, 1.165) is 16.9 Å². The number of aromatic nitrogens is 2. The Balaban J connectivity index is 1.63. The summed E-state index contributed by atoms with van der Waals surface area (Å²) in [6.07, 6.45) is 3.23. The third kappa shape index (κ3) is 4.55. The fourth-order valence-corrected chi connectivity index (χ4v) is 2.42. The maximum atomic E-state index is 12.2. The minimum atomic E-state index is -0.191. The van der Waals surface area contributed by atoms with E-state index in [1.165, 1.54) is 6.20 Å². The lowest BCUT2D eigenvalue weighted by Gasteiger charge is -2.10. The molecule has 0 saturated carbocycles. The standard InChI is InChI=1S/C19H17ClN4O/c1-13-5-7-15(20)10-17(13)24-18-8-6-14(11-22-18)19(25)23-12-16-4-2-3-9-21-16/h2-11H,12H2,1H3,(H,22,24)(H,23,25). The number of nitrogens with zero attached hydrogens (tertiary/aromatic N) is 2. The lowest BCUT2D eigenvalue weighted by Crippen LogP contribution is -2.23. The van der Waals surface area contributed by atoms with Crippen molar-refractivity contribution in [2.45, 2.75) is 13.5 Å². The number of amides is 1. The number of carbonyl (C=O) groups excluding carboxylic acids is 1. The van der Waals surface area contributed by atoms with Gasteiger partial charge in [-0.25, -0.2) is 4.98 Å². The molecule has 0 saturated heterocycles. The predicted octanol–water partition coefficient (Wildman–Crippen LogP) is 4.11. The number of halogens is 1. The van der Waals surface area contributed by atoms with E-state index in [0.29, 0.717) is 22.9 Å². The average molecular weight is 353 g/mol. The van der Waals surface area contributed by atoms with Crippen LogP contribution >= 0.6 is 11.6 Å². The van der Waals surface area contributed by atoms with Gasteiger partial charge in [-0.05, 0) is 48.9 Å². The van der Waals surface area contributed by atoms with E-state index < -0.39 is 0 Å². The van der Waals surface area contributed by atoms with Crippen molar-refractivity contribution in [1.29, 1.82) is 0 Å². The van der Waals surface area contributed by atoms with E-state index in [1.807, 2.05) is 43.3 Å². The number of pyridine rings is 2. The molecule has 6 heteroatoms. The Bertz CT molecular complexity index is 866. The lowest BCUT2D eigenvalue weighted by atomic mass is 10.2. The van der Waals surface area contributed by atoms with Gasteiger partial charge in [0.2, 0.25) is 0 Å². The molecule has 2 heterocycles. The Morgan fingerprint density at radius 3 is 2.72 bits per heavy atom. The van der Waals surface area contributed by atoms with Gasteiger partial charge in [-0.15, -0.1) is 0 Å². The molecule has 0 spiro atoms. The van der Waals surface area contributed by atoms with Crippen molar-refractivity contribution in [2.24, 2.45) is 0 Å². The van der Waals surface area contributed by atoms with Gasteiger partial charge in [0.05, 0.1) is 17.8 Å². The molecule has 25 heavy (non-hydrogen) atoms.